The lowest BCUT2D eigenvalue weighted by atomic mass is 10.1. The van der Waals surface area contributed by atoms with Crippen LogP contribution in [-0.4, -0.2) is 24.4 Å². The summed E-state index contributed by atoms with van der Waals surface area (Å²) in [6.45, 7) is 2.76. The standard InChI is InChI=1S/C12H16O3/c1-9-4-2-3-5-11(9)12-14-8-10(15-12)6-7-13/h2-5,10,12-13H,6-8H2,1H3. The van der Waals surface area contributed by atoms with Crippen LogP contribution in [0.15, 0.2) is 24.3 Å². The van der Waals surface area contributed by atoms with Gasteiger partial charge in [0.1, 0.15) is 0 Å². The van der Waals surface area contributed by atoms with Gasteiger partial charge in [0.15, 0.2) is 6.29 Å². The lowest BCUT2D eigenvalue weighted by Gasteiger charge is -2.13. The van der Waals surface area contributed by atoms with Crippen LogP contribution in [0, 0.1) is 6.92 Å². The van der Waals surface area contributed by atoms with Crippen molar-refractivity contribution in [2.75, 3.05) is 13.2 Å². The van der Waals surface area contributed by atoms with Gasteiger partial charge in [0.2, 0.25) is 0 Å². The molecule has 1 aromatic carbocycles. The molecule has 0 bridgehead atoms. The second-order valence-corrected chi connectivity index (χ2v) is 3.79. The Morgan fingerprint density at radius 2 is 2.20 bits per heavy atom. The number of aliphatic hydroxyl groups excluding tert-OH is 1. The molecule has 0 radical (unpaired) electrons. The summed E-state index contributed by atoms with van der Waals surface area (Å²) in [4.78, 5) is 0. The molecule has 1 aliphatic rings. The van der Waals surface area contributed by atoms with Gasteiger partial charge in [-0.25, -0.2) is 0 Å². The van der Waals surface area contributed by atoms with Crippen LogP contribution in [0.4, 0.5) is 0 Å². The molecule has 15 heavy (non-hydrogen) atoms. The van der Waals surface area contributed by atoms with Gasteiger partial charge < -0.3 is 14.6 Å². The summed E-state index contributed by atoms with van der Waals surface area (Å²) in [6.07, 6.45) is 0.407. The van der Waals surface area contributed by atoms with Gasteiger partial charge in [-0.15, -0.1) is 0 Å². The highest BCUT2D eigenvalue weighted by molar-refractivity contribution is 5.26. The highest BCUT2D eigenvalue weighted by atomic mass is 16.7. The summed E-state index contributed by atoms with van der Waals surface area (Å²) in [7, 11) is 0. The number of aryl methyl sites for hydroxylation is 1. The summed E-state index contributed by atoms with van der Waals surface area (Å²) >= 11 is 0. The molecule has 1 fully saturated rings. The van der Waals surface area contributed by atoms with Crippen molar-refractivity contribution in [2.45, 2.75) is 25.7 Å². The van der Waals surface area contributed by atoms with Crippen molar-refractivity contribution >= 4 is 0 Å². The molecular formula is C12H16O3. The first kappa shape index (κ1) is 10.6. The fraction of sp³-hybridized carbons (Fsp3) is 0.500. The highest BCUT2D eigenvalue weighted by Gasteiger charge is 2.27. The summed E-state index contributed by atoms with van der Waals surface area (Å²) in [5, 5.41) is 8.80. The van der Waals surface area contributed by atoms with E-state index in [2.05, 4.69) is 0 Å². The Bertz CT molecular complexity index is 324. The average Bonchev–Trinajstić information content (AvgIpc) is 2.68. The molecule has 3 nitrogen and oxygen atoms in total. The minimum atomic E-state index is -0.261. The normalized spacial score (nSPS) is 25.7. The smallest absolute Gasteiger partial charge is 0.184 e. The molecule has 82 valence electrons. The molecule has 0 amide bonds. The Kier molecular flexibility index (Phi) is 3.36. The minimum Gasteiger partial charge on any atom is -0.396 e. The fourth-order valence-corrected chi connectivity index (χ4v) is 1.76. The summed E-state index contributed by atoms with van der Waals surface area (Å²) in [6, 6.07) is 8.04. The number of ether oxygens (including phenoxy) is 2. The molecule has 3 heteroatoms. The van der Waals surface area contributed by atoms with Crippen LogP contribution >= 0.6 is 0 Å². The monoisotopic (exact) mass is 208 g/mol. The first-order valence-electron chi connectivity index (χ1n) is 5.24. The van der Waals surface area contributed by atoms with Gasteiger partial charge in [0.25, 0.3) is 0 Å². The van der Waals surface area contributed by atoms with E-state index in [1.54, 1.807) is 0 Å². The van der Waals surface area contributed by atoms with Gasteiger partial charge in [-0.1, -0.05) is 24.3 Å². The lowest BCUT2D eigenvalue weighted by molar-refractivity contribution is -0.0631. The third kappa shape index (κ3) is 2.37. The van der Waals surface area contributed by atoms with Crippen molar-refractivity contribution in [1.29, 1.82) is 0 Å². The van der Waals surface area contributed by atoms with E-state index in [-0.39, 0.29) is 19.0 Å². The molecule has 2 rings (SSSR count). The molecule has 1 aromatic rings. The van der Waals surface area contributed by atoms with Gasteiger partial charge in [-0.3, -0.25) is 0 Å². The Morgan fingerprint density at radius 3 is 2.93 bits per heavy atom. The van der Waals surface area contributed by atoms with Crippen molar-refractivity contribution in [3.8, 4) is 0 Å². The largest absolute Gasteiger partial charge is 0.396 e. The maximum Gasteiger partial charge on any atom is 0.184 e. The number of rotatable bonds is 3. The molecule has 2 atom stereocenters. The second-order valence-electron chi connectivity index (χ2n) is 3.79. The van der Waals surface area contributed by atoms with E-state index in [1.807, 2.05) is 31.2 Å². The van der Waals surface area contributed by atoms with E-state index < -0.39 is 0 Å². The zero-order valence-corrected chi connectivity index (χ0v) is 8.85. The first-order chi connectivity index (χ1) is 7.31. The summed E-state index contributed by atoms with van der Waals surface area (Å²) in [5.41, 5.74) is 2.25. The summed E-state index contributed by atoms with van der Waals surface area (Å²) < 4.78 is 11.2. The SMILES string of the molecule is Cc1ccccc1C1OCC(CCO)O1. The van der Waals surface area contributed by atoms with Crippen molar-refractivity contribution in [3.05, 3.63) is 35.4 Å². The third-order valence-electron chi connectivity index (χ3n) is 2.64. The minimum absolute atomic E-state index is 0.0274. The van der Waals surface area contributed by atoms with Crippen molar-refractivity contribution in [1.82, 2.24) is 0 Å². The van der Waals surface area contributed by atoms with Gasteiger partial charge in [0, 0.05) is 12.2 Å². The Hall–Kier alpha value is -0.900. The van der Waals surface area contributed by atoms with E-state index in [9.17, 15) is 0 Å². The maximum atomic E-state index is 8.80. The zero-order chi connectivity index (χ0) is 10.7. The van der Waals surface area contributed by atoms with E-state index in [4.69, 9.17) is 14.6 Å². The van der Waals surface area contributed by atoms with Crippen molar-refractivity contribution in [3.63, 3.8) is 0 Å². The van der Waals surface area contributed by atoms with Gasteiger partial charge in [-0.05, 0) is 18.9 Å². The van der Waals surface area contributed by atoms with Gasteiger partial charge in [0.05, 0.1) is 12.7 Å². The molecule has 0 saturated carbocycles. The number of benzene rings is 1. The molecule has 1 heterocycles. The fourth-order valence-electron chi connectivity index (χ4n) is 1.76. The van der Waals surface area contributed by atoms with Crippen LogP contribution < -0.4 is 0 Å². The quantitative estimate of drug-likeness (QED) is 0.823. The van der Waals surface area contributed by atoms with Crippen molar-refractivity contribution < 1.29 is 14.6 Å². The van der Waals surface area contributed by atoms with Crippen molar-refractivity contribution in [2.24, 2.45) is 0 Å². The molecule has 1 N–H and O–H groups in total. The van der Waals surface area contributed by atoms with E-state index in [0.29, 0.717) is 13.0 Å². The molecule has 2 unspecified atom stereocenters. The maximum absolute atomic E-state index is 8.80. The molecule has 0 aromatic heterocycles. The van der Waals surface area contributed by atoms with E-state index in [1.165, 1.54) is 5.56 Å². The second kappa shape index (κ2) is 4.75. The van der Waals surface area contributed by atoms with E-state index in [0.717, 1.165) is 5.56 Å². The van der Waals surface area contributed by atoms with Gasteiger partial charge >= 0.3 is 0 Å². The number of hydrogen-bond donors (Lipinski definition) is 1. The molecule has 1 saturated heterocycles. The zero-order valence-electron chi connectivity index (χ0n) is 8.85. The topological polar surface area (TPSA) is 38.7 Å². The molecule has 0 spiro atoms. The van der Waals surface area contributed by atoms with Gasteiger partial charge in [-0.2, -0.15) is 0 Å². The third-order valence-corrected chi connectivity index (χ3v) is 2.64. The predicted molar refractivity (Wildman–Crippen MR) is 56.4 cm³/mol. The lowest BCUT2D eigenvalue weighted by Crippen LogP contribution is -2.11. The van der Waals surface area contributed by atoms with Crippen LogP contribution in [0.2, 0.25) is 0 Å². The van der Waals surface area contributed by atoms with Crippen LogP contribution in [0.3, 0.4) is 0 Å². The summed E-state index contributed by atoms with van der Waals surface area (Å²) in [5.74, 6) is 0. The Morgan fingerprint density at radius 1 is 1.40 bits per heavy atom. The number of hydrogen-bond acceptors (Lipinski definition) is 3. The highest BCUT2D eigenvalue weighted by Crippen LogP contribution is 2.29. The Labute approximate surface area is 89.6 Å². The van der Waals surface area contributed by atoms with E-state index >= 15 is 0 Å². The Balaban J connectivity index is 2.04. The van der Waals surface area contributed by atoms with Crippen LogP contribution in [-0.2, 0) is 9.47 Å². The van der Waals surface area contributed by atoms with Crippen LogP contribution in [0.1, 0.15) is 23.8 Å². The molecule has 0 aliphatic carbocycles. The molecular weight excluding hydrogens is 192 g/mol. The van der Waals surface area contributed by atoms with Crippen LogP contribution in [0.5, 0.6) is 0 Å². The average molecular weight is 208 g/mol. The number of aliphatic hydroxyl groups is 1. The first-order valence-corrected chi connectivity index (χ1v) is 5.24. The predicted octanol–water partition coefficient (Wildman–Crippen LogP) is 1.79. The molecule has 1 aliphatic heterocycles. The van der Waals surface area contributed by atoms with Crippen LogP contribution in [0.25, 0.3) is 0 Å².